The SMILES string of the molecule is CNCCCn1cnnc1. The van der Waals surface area contributed by atoms with E-state index in [0.29, 0.717) is 0 Å². The van der Waals surface area contributed by atoms with Crippen molar-refractivity contribution in [1.29, 1.82) is 0 Å². The third-order valence-electron chi connectivity index (χ3n) is 1.31. The third-order valence-corrected chi connectivity index (χ3v) is 1.31. The molecule has 0 radical (unpaired) electrons. The largest absolute Gasteiger partial charge is 0.320 e. The Morgan fingerprint density at radius 3 is 2.70 bits per heavy atom. The molecule has 0 fully saturated rings. The standard InChI is InChI=1S/C6H12N4/c1-7-3-2-4-10-5-8-9-6-10/h5-7H,2-4H2,1H3. The van der Waals surface area contributed by atoms with Gasteiger partial charge in [-0.25, -0.2) is 0 Å². The molecular formula is C6H12N4. The van der Waals surface area contributed by atoms with Crippen LogP contribution in [0.2, 0.25) is 0 Å². The second kappa shape index (κ2) is 4.00. The zero-order chi connectivity index (χ0) is 7.23. The van der Waals surface area contributed by atoms with Crippen LogP contribution in [0.5, 0.6) is 0 Å². The van der Waals surface area contributed by atoms with Gasteiger partial charge in [0.25, 0.3) is 0 Å². The van der Waals surface area contributed by atoms with E-state index in [1.54, 1.807) is 12.7 Å². The molecule has 1 heterocycles. The van der Waals surface area contributed by atoms with E-state index in [2.05, 4.69) is 15.5 Å². The first-order valence-corrected chi connectivity index (χ1v) is 3.40. The highest BCUT2D eigenvalue weighted by Gasteiger charge is 1.87. The number of aromatic nitrogens is 3. The first kappa shape index (κ1) is 7.21. The van der Waals surface area contributed by atoms with Gasteiger partial charge in [-0.15, -0.1) is 10.2 Å². The molecule has 0 aliphatic carbocycles. The summed E-state index contributed by atoms with van der Waals surface area (Å²) in [6, 6.07) is 0. The molecule has 0 aliphatic heterocycles. The van der Waals surface area contributed by atoms with E-state index in [0.717, 1.165) is 19.5 Å². The van der Waals surface area contributed by atoms with Crippen molar-refractivity contribution in [3.05, 3.63) is 12.7 Å². The molecule has 0 saturated heterocycles. The Bertz CT molecular complexity index is 158. The van der Waals surface area contributed by atoms with Crippen LogP contribution in [0.3, 0.4) is 0 Å². The third kappa shape index (κ3) is 2.14. The molecule has 0 unspecified atom stereocenters. The fraction of sp³-hybridized carbons (Fsp3) is 0.667. The van der Waals surface area contributed by atoms with Gasteiger partial charge in [0.2, 0.25) is 0 Å². The van der Waals surface area contributed by atoms with Crippen molar-refractivity contribution >= 4 is 0 Å². The minimum Gasteiger partial charge on any atom is -0.320 e. The normalized spacial score (nSPS) is 10.1. The van der Waals surface area contributed by atoms with E-state index in [4.69, 9.17) is 0 Å². The summed E-state index contributed by atoms with van der Waals surface area (Å²) in [5.74, 6) is 0. The van der Waals surface area contributed by atoms with Crippen LogP contribution in [0, 0.1) is 0 Å². The Hall–Kier alpha value is -0.900. The van der Waals surface area contributed by atoms with Crippen molar-refractivity contribution in [1.82, 2.24) is 20.1 Å². The molecule has 4 heteroatoms. The Labute approximate surface area is 60.3 Å². The fourth-order valence-corrected chi connectivity index (χ4v) is 0.776. The molecule has 1 N–H and O–H groups in total. The molecule has 1 aromatic rings. The summed E-state index contributed by atoms with van der Waals surface area (Å²) in [5.41, 5.74) is 0. The highest BCUT2D eigenvalue weighted by molar-refractivity contribution is 4.59. The molecule has 0 aliphatic rings. The quantitative estimate of drug-likeness (QED) is 0.593. The van der Waals surface area contributed by atoms with E-state index >= 15 is 0 Å². The highest BCUT2D eigenvalue weighted by atomic mass is 15.2. The smallest absolute Gasteiger partial charge is 0.119 e. The summed E-state index contributed by atoms with van der Waals surface area (Å²) in [4.78, 5) is 0. The number of hydrogen-bond acceptors (Lipinski definition) is 3. The van der Waals surface area contributed by atoms with Crippen LogP contribution in [0.1, 0.15) is 6.42 Å². The summed E-state index contributed by atoms with van der Waals surface area (Å²) < 4.78 is 1.97. The molecule has 1 rings (SSSR count). The highest BCUT2D eigenvalue weighted by Crippen LogP contribution is 1.85. The number of nitrogens with zero attached hydrogens (tertiary/aromatic N) is 3. The lowest BCUT2D eigenvalue weighted by Gasteiger charge is -1.98. The van der Waals surface area contributed by atoms with E-state index in [-0.39, 0.29) is 0 Å². The average molecular weight is 140 g/mol. The van der Waals surface area contributed by atoms with Crippen molar-refractivity contribution in [2.24, 2.45) is 0 Å². The topological polar surface area (TPSA) is 42.7 Å². The Morgan fingerprint density at radius 1 is 1.40 bits per heavy atom. The van der Waals surface area contributed by atoms with E-state index in [9.17, 15) is 0 Å². The predicted octanol–water partition coefficient (Wildman–Crippen LogP) is -0.112. The molecule has 10 heavy (non-hydrogen) atoms. The van der Waals surface area contributed by atoms with E-state index < -0.39 is 0 Å². The van der Waals surface area contributed by atoms with Gasteiger partial charge in [-0.05, 0) is 20.0 Å². The lowest BCUT2D eigenvalue weighted by Crippen LogP contribution is -2.10. The molecule has 0 amide bonds. The van der Waals surface area contributed by atoms with Crippen LogP contribution in [-0.4, -0.2) is 28.4 Å². The van der Waals surface area contributed by atoms with Crippen LogP contribution in [0.15, 0.2) is 12.7 Å². The molecule has 0 atom stereocenters. The number of aryl methyl sites for hydroxylation is 1. The maximum Gasteiger partial charge on any atom is 0.119 e. The van der Waals surface area contributed by atoms with Gasteiger partial charge in [-0.3, -0.25) is 0 Å². The lowest BCUT2D eigenvalue weighted by atomic mass is 10.4. The van der Waals surface area contributed by atoms with Gasteiger partial charge in [-0.2, -0.15) is 0 Å². The molecule has 56 valence electrons. The van der Waals surface area contributed by atoms with Gasteiger partial charge in [0.15, 0.2) is 0 Å². The Kier molecular flexibility index (Phi) is 2.89. The van der Waals surface area contributed by atoms with Crippen LogP contribution in [0.4, 0.5) is 0 Å². The van der Waals surface area contributed by atoms with Crippen molar-refractivity contribution in [2.75, 3.05) is 13.6 Å². The van der Waals surface area contributed by atoms with Gasteiger partial charge >= 0.3 is 0 Å². The van der Waals surface area contributed by atoms with Crippen LogP contribution in [-0.2, 0) is 6.54 Å². The van der Waals surface area contributed by atoms with E-state index in [1.165, 1.54) is 0 Å². The van der Waals surface area contributed by atoms with Crippen molar-refractivity contribution in [3.8, 4) is 0 Å². The van der Waals surface area contributed by atoms with Gasteiger partial charge < -0.3 is 9.88 Å². The molecule has 0 aromatic carbocycles. The second-order valence-electron chi connectivity index (χ2n) is 2.16. The summed E-state index contributed by atoms with van der Waals surface area (Å²) in [6.07, 6.45) is 4.58. The maximum absolute atomic E-state index is 3.69. The van der Waals surface area contributed by atoms with Crippen molar-refractivity contribution in [3.63, 3.8) is 0 Å². The van der Waals surface area contributed by atoms with Gasteiger partial charge in [0, 0.05) is 6.54 Å². The van der Waals surface area contributed by atoms with Crippen molar-refractivity contribution in [2.45, 2.75) is 13.0 Å². The first-order chi connectivity index (χ1) is 4.93. The molecule has 1 aromatic heterocycles. The first-order valence-electron chi connectivity index (χ1n) is 3.40. The fourth-order valence-electron chi connectivity index (χ4n) is 0.776. The molecular weight excluding hydrogens is 128 g/mol. The summed E-state index contributed by atoms with van der Waals surface area (Å²) in [5, 5.41) is 10.5. The summed E-state index contributed by atoms with van der Waals surface area (Å²) >= 11 is 0. The van der Waals surface area contributed by atoms with Crippen LogP contribution in [0.25, 0.3) is 0 Å². The Morgan fingerprint density at radius 2 is 2.10 bits per heavy atom. The number of rotatable bonds is 4. The minimum absolute atomic E-state index is 0.994. The maximum atomic E-state index is 3.69. The van der Waals surface area contributed by atoms with Gasteiger partial charge in [0.05, 0.1) is 0 Å². The molecule has 4 nitrogen and oxygen atoms in total. The number of hydrogen-bond donors (Lipinski definition) is 1. The van der Waals surface area contributed by atoms with Crippen LogP contribution < -0.4 is 5.32 Å². The monoisotopic (exact) mass is 140 g/mol. The number of nitrogens with one attached hydrogen (secondary N) is 1. The van der Waals surface area contributed by atoms with Gasteiger partial charge in [0.1, 0.15) is 12.7 Å². The minimum atomic E-state index is 0.994. The van der Waals surface area contributed by atoms with Gasteiger partial charge in [-0.1, -0.05) is 0 Å². The lowest BCUT2D eigenvalue weighted by molar-refractivity contribution is 0.611. The molecule has 0 bridgehead atoms. The van der Waals surface area contributed by atoms with Crippen molar-refractivity contribution < 1.29 is 0 Å². The Balaban J connectivity index is 2.15. The second-order valence-corrected chi connectivity index (χ2v) is 2.16. The summed E-state index contributed by atoms with van der Waals surface area (Å²) in [6.45, 7) is 2.03. The molecule has 0 spiro atoms. The summed E-state index contributed by atoms with van der Waals surface area (Å²) in [7, 11) is 1.95. The van der Waals surface area contributed by atoms with E-state index in [1.807, 2.05) is 11.6 Å². The zero-order valence-corrected chi connectivity index (χ0v) is 6.12. The molecule has 0 saturated carbocycles. The average Bonchev–Trinajstić information content (AvgIpc) is 2.41. The predicted molar refractivity (Wildman–Crippen MR) is 38.6 cm³/mol. The zero-order valence-electron chi connectivity index (χ0n) is 6.12. The van der Waals surface area contributed by atoms with Crippen LogP contribution >= 0.6 is 0 Å².